The fraction of sp³-hybridized carbons (Fsp3) is 0.310. The van der Waals surface area contributed by atoms with Gasteiger partial charge in [0.15, 0.2) is 5.79 Å². The first-order valence-electron chi connectivity index (χ1n) is 12.4. The van der Waals surface area contributed by atoms with Gasteiger partial charge in [0.2, 0.25) is 5.95 Å². The van der Waals surface area contributed by atoms with Gasteiger partial charge in [-0.2, -0.15) is 15.5 Å². The molecule has 9 heteroatoms. The molecule has 0 spiro atoms. The molecule has 9 nitrogen and oxygen atoms in total. The van der Waals surface area contributed by atoms with Crippen LogP contribution in [0.15, 0.2) is 48.5 Å². The number of nitrogens with zero attached hydrogens (tertiary/aromatic N) is 4. The smallest absolute Gasteiger partial charge is 0.229 e. The number of rotatable bonds is 9. The van der Waals surface area contributed by atoms with E-state index in [1.54, 1.807) is 18.2 Å². The highest BCUT2D eigenvalue weighted by molar-refractivity contribution is 5.69. The van der Waals surface area contributed by atoms with Gasteiger partial charge in [0.1, 0.15) is 5.82 Å². The Hall–Kier alpha value is -4.28. The van der Waals surface area contributed by atoms with Gasteiger partial charge in [-0.05, 0) is 86.9 Å². The number of ether oxygens (including phenoxy) is 2. The molecule has 0 bridgehead atoms. The molecule has 1 unspecified atom stereocenters. The first kappa shape index (κ1) is 26.8. The number of hydrogen-bond acceptors (Lipinski definition) is 9. The van der Waals surface area contributed by atoms with Gasteiger partial charge in [0.25, 0.3) is 0 Å². The summed E-state index contributed by atoms with van der Waals surface area (Å²) in [7, 11) is 0. The van der Waals surface area contributed by atoms with E-state index < -0.39 is 5.79 Å². The van der Waals surface area contributed by atoms with Crippen LogP contribution in [-0.4, -0.2) is 35.0 Å². The second kappa shape index (κ2) is 11.8. The zero-order chi connectivity index (χ0) is 27.1. The second-order valence-corrected chi connectivity index (χ2v) is 9.58. The zero-order valence-corrected chi connectivity index (χ0v) is 22.0. The molecule has 1 saturated heterocycles. The van der Waals surface area contributed by atoms with E-state index in [1.165, 1.54) is 6.08 Å². The molecule has 0 aliphatic carbocycles. The average Bonchev–Trinajstić information content (AvgIpc) is 3.23. The van der Waals surface area contributed by atoms with E-state index in [0.29, 0.717) is 37.0 Å². The van der Waals surface area contributed by atoms with Crippen LogP contribution in [0.5, 0.6) is 0 Å². The molecular weight excluding hydrogens is 478 g/mol. The number of hydrogen-bond donors (Lipinski definition) is 3. The third-order valence-electron chi connectivity index (χ3n) is 5.95. The Morgan fingerprint density at radius 1 is 1.05 bits per heavy atom. The molecule has 1 aliphatic heterocycles. The molecule has 0 amide bonds. The normalized spacial score (nSPS) is 16.2. The predicted octanol–water partition coefficient (Wildman–Crippen LogP) is 5.23. The number of nitrogens with one attached hydrogen (secondary N) is 3. The Kier molecular flexibility index (Phi) is 8.35. The van der Waals surface area contributed by atoms with Crippen LogP contribution in [-0.2, 0) is 16.0 Å². The van der Waals surface area contributed by atoms with Crippen molar-refractivity contribution in [3.8, 4) is 12.1 Å². The minimum atomic E-state index is -0.563. The minimum Gasteiger partial charge on any atom is -0.348 e. The van der Waals surface area contributed by atoms with Crippen LogP contribution in [0.25, 0.3) is 6.08 Å². The molecule has 4 rings (SSSR count). The molecular formula is C29H31N7O2. The Morgan fingerprint density at radius 3 is 2.42 bits per heavy atom. The van der Waals surface area contributed by atoms with Crippen molar-refractivity contribution in [3.63, 3.8) is 0 Å². The van der Waals surface area contributed by atoms with E-state index in [-0.39, 0.29) is 6.10 Å². The Morgan fingerprint density at radius 2 is 1.79 bits per heavy atom. The Labute approximate surface area is 223 Å². The molecule has 3 aromatic rings. The summed E-state index contributed by atoms with van der Waals surface area (Å²) >= 11 is 0. The molecule has 2 heterocycles. The van der Waals surface area contributed by atoms with Crippen LogP contribution in [0.3, 0.4) is 0 Å². The van der Waals surface area contributed by atoms with Crippen LogP contribution in [0.2, 0.25) is 0 Å². The summed E-state index contributed by atoms with van der Waals surface area (Å²) in [6.07, 6.45) is 3.23. The summed E-state index contributed by atoms with van der Waals surface area (Å²) < 4.78 is 11.5. The van der Waals surface area contributed by atoms with E-state index in [2.05, 4.69) is 22.0 Å². The van der Waals surface area contributed by atoms with E-state index in [0.717, 1.165) is 33.8 Å². The molecule has 2 aromatic carbocycles. The predicted molar refractivity (Wildman–Crippen MR) is 147 cm³/mol. The van der Waals surface area contributed by atoms with Gasteiger partial charge in [-0.25, -0.2) is 4.98 Å². The lowest BCUT2D eigenvalue weighted by Gasteiger charge is -2.17. The van der Waals surface area contributed by atoms with E-state index in [1.807, 2.05) is 64.1 Å². The van der Waals surface area contributed by atoms with Gasteiger partial charge in [0.05, 0.1) is 36.1 Å². The van der Waals surface area contributed by atoms with Crippen molar-refractivity contribution in [2.75, 3.05) is 23.8 Å². The van der Waals surface area contributed by atoms with Gasteiger partial charge < -0.3 is 25.4 Å². The Balaban J connectivity index is 1.56. The molecule has 194 valence electrons. The highest BCUT2D eigenvalue weighted by atomic mass is 16.7. The summed E-state index contributed by atoms with van der Waals surface area (Å²) in [6.45, 7) is 9.53. The number of aryl methyl sites for hydroxylation is 2. The number of aromatic nitrogens is 2. The SMILES string of the molecule is Cc1cc(/C=C/C#N)cc(C)c1Nc1cc(CNCC2COC(C)(C)O2)nc(Nc2ccc(C#N)cc2)n1. The topological polar surface area (TPSA) is 128 Å². The third kappa shape index (κ3) is 7.15. The summed E-state index contributed by atoms with van der Waals surface area (Å²) in [5.74, 6) is 0.509. The van der Waals surface area contributed by atoms with Gasteiger partial charge >= 0.3 is 0 Å². The fourth-order valence-electron chi connectivity index (χ4n) is 4.24. The molecule has 0 saturated carbocycles. The monoisotopic (exact) mass is 509 g/mol. The molecule has 0 radical (unpaired) electrons. The fourth-order valence-corrected chi connectivity index (χ4v) is 4.24. The van der Waals surface area contributed by atoms with E-state index >= 15 is 0 Å². The summed E-state index contributed by atoms with van der Waals surface area (Å²) in [4.78, 5) is 9.39. The summed E-state index contributed by atoms with van der Waals surface area (Å²) in [5, 5.41) is 28.0. The second-order valence-electron chi connectivity index (χ2n) is 9.58. The van der Waals surface area contributed by atoms with Crippen LogP contribution < -0.4 is 16.0 Å². The third-order valence-corrected chi connectivity index (χ3v) is 5.95. The zero-order valence-electron chi connectivity index (χ0n) is 22.0. The van der Waals surface area contributed by atoms with E-state index in [4.69, 9.17) is 30.0 Å². The van der Waals surface area contributed by atoms with Crippen molar-refractivity contribution in [2.45, 2.75) is 46.1 Å². The first-order valence-corrected chi connectivity index (χ1v) is 12.4. The lowest BCUT2D eigenvalue weighted by molar-refractivity contribution is -0.137. The Bertz CT molecular complexity index is 1380. The maximum atomic E-state index is 9.08. The number of nitriles is 2. The number of benzene rings is 2. The van der Waals surface area contributed by atoms with Crippen molar-refractivity contribution >= 4 is 29.2 Å². The molecule has 1 atom stereocenters. The lowest BCUT2D eigenvalue weighted by Crippen LogP contribution is -2.30. The maximum Gasteiger partial charge on any atom is 0.229 e. The number of allylic oxidation sites excluding steroid dienone is 1. The number of anilines is 4. The van der Waals surface area contributed by atoms with Crippen LogP contribution in [0.1, 0.15) is 41.8 Å². The lowest BCUT2D eigenvalue weighted by atomic mass is 10.0. The largest absolute Gasteiger partial charge is 0.348 e. The molecule has 1 fully saturated rings. The quantitative estimate of drug-likeness (QED) is 0.332. The summed E-state index contributed by atoms with van der Waals surface area (Å²) in [5.41, 5.74) is 6.12. The van der Waals surface area contributed by atoms with Gasteiger partial charge in [-0.3, -0.25) is 0 Å². The molecule has 1 aromatic heterocycles. The van der Waals surface area contributed by atoms with Crippen molar-refractivity contribution in [1.29, 1.82) is 10.5 Å². The highest BCUT2D eigenvalue weighted by Crippen LogP contribution is 2.27. The summed E-state index contributed by atoms with van der Waals surface area (Å²) in [6, 6.07) is 17.2. The van der Waals surface area contributed by atoms with Gasteiger partial charge in [-0.15, -0.1) is 0 Å². The maximum absolute atomic E-state index is 9.08. The standard InChI is InChI=1S/C29H31N7O2/c1-19-12-22(6-5-11-30)13-20(2)27(19)35-26-14-24(16-32-17-25-18-37-29(3,4)38-25)34-28(36-26)33-23-9-7-21(15-31)8-10-23/h5-10,12-14,25,32H,16-18H2,1-4H3,(H2,33,34,35,36)/b6-5+. The van der Waals surface area contributed by atoms with Gasteiger partial charge in [0, 0.05) is 36.6 Å². The average molecular weight is 510 g/mol. The van der Waals surface area contributed by atoms with Crippen molar-refractivity contribution < 1.29 is 9.47 Å². The van der Waals surface area contributed by atoms with Crippen LogP contribution in [0.4, 0.5) is 23.1 Å². The highest BCUT2D eigenvalue weighted by Gasteiger charge is 2.32. The molecule has 38 heavy (non-hydrogen) atoms. The minimum absolute atomic E-state index is 0.0282. The first-order chi connectivity index (χ1) is 18.2. The van der Waals surface area contributed by atoms with Crippen LogP contribution in [0, 0.1) is 36.5 Å². The van der Waals surface area contributed by atoms with Crippen molar-refractivity contribution in [1.82, 2.24) is 15.3 Å². The van der Waals surface area contributed by atoms with Crippen molar-refractivity contribution in [3.05, 3.63) is 76.5 Å². The molecule has 1 aliphatic rings. The van der Waals surface area contributed by atoms with Crippen molar-refractivity contribution in [2.24, 2.45) is 0 Å². The molecule has 3 N–H and O–H groups in total. The van der Waals surface area contributed by atoms with Crippen LogP contribution >= 0.6 is 0 Å². The van der Waals surface area contributed by atoms with Gasteiger partial charge in [-0.1, -0.05) is 0 Å². The van der Waals surface area contributed by atoms with E-state index in [9.17, 15) is 0 Å².